The summed E-state index contributed by atoms with van der Waals surface area (Å²) in [6.45, 7) is 9.74. The van der Waals surface area contributed by atoms with Gasteiger partial charge >= 0.3 is 0 Å². The van der Waals surface area contributed by atoms with Crippen LogP contribution >= 0.6 is 0 Å². The number of nitrogens with zero attached hydrogens (tertiary/aromatic N) is 2. The van der Waals surface area contributed by atoms with Crippen LogP contribution in [0.2, 0.25) is 0 Å². The zero-order valence-corrected chi connectivity index (χ0v) is 15.9. The van der Waals surface area contributed by atoms with Crippen LogP contribution in [-0.2, 0) is 26.8 Å². The fraction of sp³-hybridized carbons (Fsp3) is 0.412. The number of benzene rings is 1. The molecule has 0 fully saturated rings. The third-order valence-corrected chi connectivity index (χ3v) is 5.02. The second kappa shape index (κ2) is 6.97. The number of nitrogens with one attached hydrogen (secondary N) is 2. The number of hydrogen-bond acceptors (Lipinski definition) is 4. The minimum atomic E-state index is -3.83. The molecule has 0 aliphatic rings. The molecular formula is C17H24N4O3S. The normalized spacial score (nSPS) is 12.2. The molecule has 2 N–H and O–H groups in total. The zero-order valence-electron chi connectivity index (χ0n) is 15.1. The van der Waals surface area contributed by atoms with Gasteiger partial charge in [0.05, 0.1) is 10.6 Å². The SMILES string of the molecule is Cc1cc(C)n(CC(=O)NNS(=O)(=O)c2ccc(C(C)(C)C)cc2)n1. The van der Waals surface area contributed by atoms with E-state index in [-0.39, 0.29) is 16.9 Å². The van der Waals surface area contributed by atoms with Crippen LogP contribution in [0.5, 0.6) is 0 Å². The number of aryl methyl sites for hydroxylation is 2. The van der Waals surface area contributed by atoms with Gasteiger partial charge in [-0.05, 0) is 43.0 Å². The van der Waals surface area contributed by atoms with Crippen molar-refractivity contribution in [2.75, 3.05) is 0 Å². The Hall–Kier alpha value is -2.19. The fourth-order valence-corrected chi connectivity index (χ4v) is 3.19. The van der Waals surface area contributed by atoms with Crippen LogP contribution < -0.4 is 10.3 Å². The van der Waals surface area contributed by atoms with Crippen molar-refractivity contribution in [1.82, 2.24) is 20.0 Å². The molecule has 1 aromatic carbocycles. The van der Waals surface area contributed by atoms with Gasteiger partial charge in [0, 0.05) is 5.69 Å². The average molecular weight is 364 g/mol. The number of amides is 1. The van der Waals surface area contributed by atoms with Gasteiger partial charge < -0.3 is 0 Å². The van der Waals surface area contributed by atoms with E-state index in [1.54, 1.807) is 12.1 Å². The summed E-state index contributed by atoms with van der Waals surface area (Å²) in [4.78, 5) is 14.1. The maximum Gasteiger partial charge on any atom is 0.257 e. The summed E-state index contributed by atoms with van der Waals surface area (Å²) in [5.41, 5.74) is 4.80. The van der Waals surface area contributed by atoms with Crippen LogP contribution in [0, 0.1) is 13.8 Å². The molecule has 8 heteroatoms. The summed E-state index contributed by atoms with van der Waals surface area (Å²) in [7, 11) is -3.83. The lowest BCUT2D eigenvalue weighted by atomic mass is 9.87. The Bertz CT molecular complexity index is 862. The van der Waals surface area contributed by atoms with Gasteiger partial charge in [0.25, 0.3) is 15.9 Å². The van der Waals surface area contributed by atoms with E-state index >= 15 is 0 Å². The molecule has 1 aromatic heterocycles. The first-order valence-corrected chi connectivity index (χ1v) is 9.39. The first kappa shape index (κ1) is 19.1. The Balaban J connectivity index is 2.01. The third kappa shape index (κ3) is 4.90. The van der Waals surface area contributed by atoms with Gasteiger partial charge in [-0.3, -0.25) is 14.9 Å². The van der Waals surface area contributed by atoms with Crippen molar-refractivity contribution < 1.29 is 13.2 Å². The van der Waals surface area contributed by atoms with Gasteiger partial charge in [-0.15, -0.1) is 4.83 Å². The first-order valence-electron chi connectivity index (χ1n) is 7.91. The van der Waals surface area contributed by atoms with Crippen LogP contribution in [0.3, 0.4) is 0 Å². The molecule has 0 unspecified atom stereocenters. The van der Waals surface area contributed by atoms with Gasteiger partial charge in [0.1, 0.15) is 6.54 Å². The van der Waals surface area contributed by atoms with Crippen molar-refractivity contribution in [3.8, 4) is 0 Å². The van der Waals surface area contributed by atoms with Crippen LogP contribution in [-0.4, -0.2) is 24.1 Å². The molecule has 0 bridgehead atoms. The molecule has 0 spiro atoms. The number of carbonyl (C=O) groups excluding carboxylic acids is 1. The van der Waals surface area contributed by atoms with Gasteiger partial charge in [0.2, 0.25) is 0 Å². The topological polar surface area (TPSA) is 93.1 Å². The molecule has 0 atom stereocenters. The summed E-state index contributed by atoms with van der Waals surface area (Å²) in [6.07, 6.45) is 0. The molecule has 1 amide bonds. The standard InChI is InChI=1S/C17H24N4O3S/c1-12-10-13(2)21(19-12)11-16(22)18-20-25(23,24)15-8-6-14(7-9-15)17(3,4)5/h6-10,20H,11H2,1-5H3,(H,18,22). The Morgan fingerprint density at radius 1 is 1.16 bits per heavy atom. The maximum atomic E-state index is 12.3. The van der Waals surface area contributed by atoms with E-state index < -0.39 is 15.9 Å². The molecule has 0 saturated heterocycles. The molecular weight excluding hydrogens is 340 g/mol. The van der Waals surface area contributed by atoms with Crippen molar-refractivity contribution >= 4 is 15.9 Å². The van der Waals surface area contributed by atoms with E-state index in [0.29, 0.717) is 0 Å². The van der Waals surface area contributed by atoms with Gasteiger partial charge in [-0.1, -0.05) is 32.9 Å². The van der Waals surface area contributed by atoms with Crippen LogP contribution in [0.4, 0.5) is 0 Å². The molecule has 7 nitrogen and oxygen atoms in total. The number of sulfonamides is 1. The lowest BCUT2D eigenvalue weighted by molar-refractivity contribution is -0.122. The van der Waals surface area contributed by atoms with Gasteiger partial charge in [-0.25, -0.2) is 8.42 Å². The van der Waals surface area contributed by atoms with E-state index in [9.17, 15) is 13.2 Å². The maximum absolute atomic E-state index is 12.3. The average Bonchev–Trinajstić information content (AvgIpc) is 2.82. The van der Waals surface area contributed by atoms with Crippen molar-refractivity contribution in [1.29, 1.82) is 0 Å². The number of aromatic nitrogens is 2. The predicted molar refractivity (Wildman–Crippen MR) is 95.3 cm³/mol. The van der Waals surface area contributed by atoms with E-state index in [0.717, 1.165) is 17.0 Å². The molecule has 1 heterocycles. The third-order valence-electron chi connectivity index (χ3n) is 3.75. The van der Waals surface area contributed by atoms with E-state index in [1.165, 1.54) is 16.8 Å². The lowest BCUT2D eigenvalue weighted by Crippen LogP contribution is -2.43. The molecule has 0 aliphatic carbocycles. The highest BCUT2D eigenvalue weighted by atomic mass is 32.2. The number of rotatable bonds is 5. The van der Waals surface area contributed by atoms with E-state index in [4.69, 9.17) is 0 Å². The Labute approximate surface area is 148 Å². The summed E-state index contributed by atoms with van der Waals surface area (Å²) in [6, 6.07) is 8.43. The molecule has 2 rings (SSSR count). The molecule has 0 radical (unpaired) electrons. The second-order valence-corrected chi connectivity index (χ2v) is 8.70. The number of carbonyl (C=O) groups is 1. The quantitative estimate of drug-likeness (QED) is 0.791. The van der Waals surface area contributed by atoms with Crippen molar-refractivity contribution in [2.45, 2.75) is 51.5 Å². The number of hydrazine groups is 1. The lowest BCUT2D eigenvalue weighted by Gasteiger charge is -2.19. The van der Waals surface area contributed by atoms with Crippen molar-refractivity contribution in [3.05, 3.63) is 47.3 Å². The highest BCUT2D eigenvalue weighted by Crippen LogP contribution is 2.23. The fourth-order valence-electron chi connectivity index (χ4n) is 2.33. The summed E-state index contributed by atoms with van der Waals surface area (Å²) in [5.74, 6) is -0.499. The summed E-state index contributed by atoms with van der Waals surface area (Å²) in [5, 5.41) is 4.16. The largest absolute Gasteiger partial charge is 0.276 e. The molecule has 136 valence electrons. The van der Waals surface area contributed by atoms with Crippen molar-refractivity contribution in [3.63, 3.8) is 0 Å². The van der Waals surface area contributed by atoms with E-state index in [1.807, 2.05) is 40.7 Å². The Morgan fingerprint density at radius 2 is 1.76 bits per heavy atom. The molecule has 25 heavy (non-hydrogen) atoms. The van der Waals surface area contributed by atoms with Crippen LogP contribution in [0.25, 0.3) is 0 Å². The second-order valence-electron chi connectivity index (χ2n) is 7.01. The molecule has 0 aliphatic heterocycles. The smallest absolute Gasteiger partial charge is 0.257 e. The van der Waals surface area contributed by atoms with Crippen LogP contribution in [0.15, 0.2) is 35.2 Å². The van der Waals surface area contributed by atoms with Crippen LogP contribution in [0.1, 0.15) is 37.7 Å². The monoisotopic (exact) mass is 364 g/mol. The predicted octanol–water partition coefficient (Wildman–Crippen LogP) is 1.81. The summed E-state index contributed by atoms with van der Waals surface area (Å²) >= 11 is 0. The number of hydrogen-bond donors (Lipinski definition) is 2. The van der Waals surface area contributed by atoms with E-state index in [2.05, 4.69) is 15.4 Å². The van der Waals surface area contributed by atoms with Gasteiger partial charge in [0.15, 0.2) is 0 Å². The zero-order chi connectivity index (χ0) is 18.8. The minimum absolute atomic E-state index is 0.0643. The van der Waals surface area contributed by atoms with Gasteiger partial charge in [-0.2, -0.15) is 5.10 Å². The van der Waals surface area contributed by atoms with Crippen molar-refractivity contribution in [2.24, 2.45) is 0 Å². The molecule has 0 saturated carbocycles. The minimum Gasteiger partial charge on any atom is -0.276 e. The Kier molecular flexibility index (Phi) is 5.34. The highest BCUT2D eigenvalue weighted by Gasteiger charge is 2.18. The highest BCUT2D eigenvalue weighted by molar-refractivity contribution is 7.89. The summed E-state index contributed by atoms with van der Waals surface area (Å²) < 4.78 is 26.1. The Morgan fingerprint density at radius 3 is 2.24 bits per heavy atom. The molecule has 2 aromatic rings. The first-order chi connectivity index (χ1) is 11.5.